The number of nitrogens with one attached hydrogen (secondary N) is 1. The number of hydrogen-bond donors (Lipinski definition) is 1. The Morgan fingerprint density at radius 2 is 1.69 bits per heavy atom. The number of para-hydroxylation sites is 1. The molecule has 194 valence electrons. The molecule has 4 rings (SSSR count). The summed E-state index contributed by atoms with van der Waals surface area (Å²) in [6.07, 6.45) is 2.69. The van der Waals surface area contributed by atoms with Gasteiger partial charge in [-0.05, 0) is 30.9 Å². The lowest BCUT2D eigenvalue weighted by molar-refractivity contribution is 0.0950. The maximum Gasteiger partial charge on any atom is 0.243 e. The summed E-state index contributed by atoms with van der Waals surface area (Å²) in [5.41, 5.74) is 0.496. The van der Waals surface area contributed by atoms with Crippen LogP contribution in [0.25, 0.3) is 5.69 Å². The van der Waals surface area contributed by atoms with Crippen molar-refractivity contribution in [2.24, 2.45) is 5.41 Å². The van der Waals surface area contributed by atoms with Crippen molar-refractivity contribution in [2.45, 2.75) is 44.5 Å². The summed E-state index contributed by atoms with van der Waals surface area (Å²) in [5.74, 6) is 1.84. The molecule has 0 bridgehead atoms. The molecule has 0 spiro atoms. The van der Waals surface area contributed by atoms with Crippen LogP contribution in [0.5, 0.6) is 11.5 Å². The summed E-state index contributed by atoms with van der Waals surface area (Å²) in [5, 5.41) is 7.85. The molecule has 3 aromatic rings. The van der Waals surface area contributed by atoms with Gasteiger partial charge >= 0.3 is 0 Å². The number of anilines is 1. The topological polar surface area (TPSA) is 130 Å². The second kappa shape index (κ2) is 9.83. The zero-order valence-corrected chi connectivity index (χ0v) is 22.5. The van der Waals surface area contributed by atoms with Crippen LogP contribution in [0.4, 0.5) is 5.95 Å². The summed E-state index contributed by atoms with van der Waals surface area (Å²) >= 11 is 5.88. The van der Waals surface area contributed by atoms with Crippen LogP contribution in [0, 0.1) is 5.41 Å². The highest BCUT2D eigenvalue weighted by molar-refractivity contribution is 7.93. The van der Waals surface area contributed by atoms with Crippen LogP contribution in [0.1, 0.15) is 50.9 Å². The van der Waals surface area contributed by atoms with E-state index < -0.39 is 21.4 Å². The molecular weight excluding hydrogens is 508 g/mol. The molecule has 0 aliphatic heterocycles. The minimum absolute atomic E-state index is 0.00343. The fourth-order valence-corrected chi connectivity index (χ4v) is 5.36. The zero-order chi connectivity index (χ0) is 26.3. The minimum Gasteiger partial charge on any atom is -0.494 e. The van der Waals surface area contributed by atoms with E-state index in [-0.39, 0.29) is 23.1 Å². The number of sulfonamides is 1. The third kappa shape index (κ3) is 4.84. The van der Waals surface area contributed by atoms with Crippen LogP contribution in [-0.2, 0) is 14.8 Å². The average Bonchev–Trinajstić information content (AvgIpc) is 3.30. The normalized spacial score (nSPS) is 18.4. The Labute approximate surface area is 215 Å². The second-order valence-electron chi connectivity index (χ2n) is 9.24. The summed E-state index contributed by atoms with van der Waals surface area (Å²) < 4.78 is 48.0. The molecule has 1 aromatic carbocycles. The van der Waals surface area contributed by atoms with Crippen molar-refractivity contribution in [1.29, 1.82) is 0 Å². The molecule has 11 nitrogen and oxygen atoms in total. The van der Waals surface area contributed by atoms with E-state index in [1.807, 2.05) is 0 Å². The van der Waals surface area contributed by atoms with Gasteiger partial charge in [-0.25, -0.2) is 18.4 Å². The first-order valence-electron chi connectivity index (χ1n) is 11.2. The maximum absolute atomic E-state index is 13.5. The highest BCUT2D eigenvalue weighted by Gasteiger charge is 2.50. The van der Waals surface area contributed by atoms with Crippen LogP contribution < -0.4 is 14.2 Å². The lowest BCUT2D eigenvalue weighted by Gasteiger charge is -2.23. The predicted octanol–water partition coefficient (Wildman–Crippen LogP) is 3.76. The van der Waals surface area contributed by atoms with Crippen molar-refractivity contribution >= 4 is 27.6 Å². The molecule has 13 heteroatoms. The van der Waals surface area contributed by atoms with Crippen molar-refractivity contribution < 1.29 is 22.6 Å². The summed E-state index contributed by atoms with van der Waals surface area (Å²) in [6.45, 7) is 5.75. The standard InChI is InChI=1S/C23H29ClN6O5S/c1-13(19(35-6)20-25-11-14(24)12-26-20)36(31,32)29-22-28-27-21(15-10-23(15,2)3)30(22)18-16(33-4)8-7-9-17(18)34-5/h7-9,11-13,15,19H,10H2,1-6H3,(H,28,29)/t13-,15?,19-/m0/s1. The van der Waals surface area contributed by atoms with E-state index in [2.05, 4.69) is 38.7 Å². The Hall–Kier alpha value is -2.96. The molecule has 3 atom stereocenters. The number of methoxy groups -OCH3 is 3. The highest BCUT2D eigenvalue weighted by Crippen LogP contribution is 2.59. The number of halogens is 1. The molecule has 0 amide bonds. The second-order valence-corrected chi connectivity index (χ2v) is 11.7. The van der Waals surface area contributed by atoms with Crippen molar-refractivity contribution in [2.75, 3.05) is 26.1 Å². The van der Waals surface area contributed by atoms with E-state index in [9.17, 15) is 8.42 Å². The van der Waals surface area contributed by atoms with Gasteiger partial charge in [0.05, 0.1) is 19.2 Å². The van der Waals surface area contributed by atoms with Crippen molar-refractivity contribution in [1.82, 2.24) is 24.7 Å². The van der Waals surface area contributed by atoms with Gasteiger partial charge in [0, 0.05) is 25.4 Å². The van der Waals surface area contributed by atoms with Gasteiger partial charge in [-0.1, -0.05) is 31.5 Å². The summed E-state index contributed by atoms with van der Waals surface area (Å²) in [6, 6.07) is 5.31. The van der Waals surface area contributed by atoms with Crippen molar-refractivity contribution in [3.63, 3.8) is 0 Å². The number of nitrogens with zero attached hydrogens (tertiary/aromatic N) is 5. The Balaban J connectivity index is 1.78. The lowest BCUT2D eigenvalue weighted by atomic mass is 10.1. The van der Waals surface area contributed by atoms with Gasteiger partial charge in [0.25, 0.3) is 0 Å². The number of benzene rings is 1. The molecule has 0 radical (unpaired) electrons. The van der Waals surface area contributed by atoms with Gasteiger partial charge in [-0.2, -0.15) is 0 Å². The van der Waals surface area contributed by atoms with E-state index in [1.165, 1.54) is 40.6 Å². The fourth-order valence-electron chi connectivity index (χ4n) is 4.13. The molecule has 1 unspecified atom stereocenters. The van der Waals surface area contributed by atoms with Crippen LogP contribution in [0.2, 0.25) is 5.02 Å². The Bertz CT molecular complexity index is 1320. The predicted molar refractivity (Wildman–Crippen MR) is 134 cm³/mol. The van der Waals surface area contributed by atoms with E-state index >= 15 is 0 Å². The lowest BCUT2D eigenvalue weighted by Crippen LogP contribution is -2.33. The van der Waals surface area contributed by atoms with Gasteiger partial charge < -0.3 is 14.2 Å². The van der Waals surface area contributed by atoms with E-state index in [0.29, 0.717) is 28.0 Å². The SMILES string of the molecule is COc1cccc(OC)c1-n1c(NS(=O)(=O)[C@@H](C)[C@H](OC)c2ncc(Cl)cn2)nnc1C1CC1(C)C. The molecule has 2 aromatic heterocycles. The molecule has 1 aliphatic carbocycles. The first kappa shape index (κ1) is 26.1. The molecule has 0 saturated heterocycles. The molecule has 2 heterocycles. The molecule has 1 fully saturated rings. The smallest absolute Gasteiger partial charge is 0.243 e. The van der Waals surface area contributed by atoms with E-state index in [1.54, 1.807) is 22.8 Å². The van der Waals surface area contributed by atoms with E-state index in [0.717, 1.165) is 6.42 Å². The molecular formula is C23H29ClN6O5S. The largest absolute Gasteiger partial charge is 0.494 e. The van der Waals surface area contributed by atoms with Crippen molar-refractivity contribution in [3.05, 3.63) is 47.3 Å². The summed E-state index contributed by atoms with van der Waals surface area (Å²) in [7, 11) is 0.391. The third-order valence-corrected chi connectivity index (χ3v) is 8.33. The minimum atomic E-state index is -4.07. The van der Waals surface area contributed by atoms with Crippen LogP contribution in [0.3, 0.4) is 0 Å². The Morgan fingerprint density at radius 1 is 1.11 bits per heavy atom. The Kier molecular flexibility index (Phi) is 7.13. The van der Waals surface area contributed by atoms with Crippen LogP contribution in [-0.4, -0.2) is 59.7 Å². The van der Waals surface area contributed by atoms with Crippen LogP contribution in [0.15, 0.2) is 30.6 Å². The Morgan fingerprint density at radius 3 is 2.19 bits per heavy atom. The molecule has 1 aliphatic rings. The zero-order valence-electron chi connectivity index (χ0n) is 20.9. The van der Waals surface area contributed by atoms with Crippen LogP contribution >= 0.6 is 11.6 Å². The molecule has 1 saturated carbocycles. The highest BCUT2D eigenvalue weighted by atomic mass is 35.5. The van der Waals surface area contributed by atoms with E-state index in [4.69, 9.17) is 25.8 Å². The van der Waals surface area contributed by atoms with Gasteiger partial charge in [0.1, 0.15) is 34.4 Å². The first-order chi connectivity index (χ1) is 17.0. The van der Waals surface area contributed by atoms with Gasteiger partial charge in [0.2, 0.25) is 16.0 Å². The maximum atomic E-state index is 13.5. The fraction of sp³-hybridized carbons (Fsp3) is 0.478. The van der Waals surface area contributed by atoms with Gasteiger partial charge in [0.15, 0.2) is 5.82 Å². The third-order valence-electron chi connectivity index (χ3n) is 6.44. The molecule has 36 heavy (non-hydrogen) atoms. The molecule has 1 N–H and O–H groups in total. The average molecular weight is 537 g/mol. The van der Waals surface area contributed by atoms with Crippen molar-refractivity contribution in [3.8, 4) is 17.2 Å². The van der Waals surface area contributed by atoms with Gasteiger partial charge in [-0.3, -0.25) is 9.29 Å². The monoisotopic (exact) mass is 536 g/mol. The summed E-state index contributed by atoms with van der Waals surface area (Å²) in [4.78, 5) is 8.25. The van der Waals surface area contributed by atoms with Gasteiger partial charge in [-0.15, -0.1) is 10.2 Å². The number of hydrogen-bond acceptors (Lipinski definition) is 9. The quantitative estimate of drug-likeness (QED) is 0.411. The number of aromatic nitrogens is 5. The number of rotatable bonds is 10. The number of ether oxygens (including phenoxy) is 3. The first-order valence-corrected chi connectivity index (χ1v) is 13.1.